The van der Waals surface area contributed by atoms with Gasteiger partial charge in [0.15, 0.2) is 0 Å². The zero-order valence-corrected chi connectivity index (χ0v) is 34.1. The van der Waals surface area contributed by atoms with Gasteiger partial charge < -0.3 is 30.4 Å². The number of aromatic nitrogens is 4. The van der Waals surface area contributed by atoms with Crippen molar-refractivity contribution in [2.75, 3.05) is 0 Å². The van der Waals surface area contributed by atoms with E-state index in [1.165, 1.54) is 0 Å². The fourth-order valence-electron chi connectivity index (χ4n) is 4.65. The van der Waals surface area contributed by atoms with Crippen LogP contribution in [0.1, 0.15) is 47.8 Å². The van der Waals surface area contributed by atoms with E-state index in [1.54, 1.807) is 36.9 Å². The van der Waals surface area contributed by atoms with Crippen molar-refractivity contribution in [3.63, 3.8) is 0 Å². The van der Waals surface area contributed by atoms with Crippen LogP contribution in [-0.4, -0.2) is 47.2 Å². The molecule has 0 spiro atoms. The van der Waals surface area contributed by atoms with Crippen LogP contribution in [-0.2, 0) is 83.0 Å². The minimum absolute atomic E-state index is 0. The van der Waals surface area contributed by atoms with Crippen molar-refractivity contribution in [3.8, 4) is 5.75 Å². The van der Waals surface area contributed by atoms with Crippen LogP contribution in [0, 0.1) is 0 Å². The summed E-state index contributed by atoms with van der Waals surface area (Å²) < 4.78 is 59.2. The molecule has 0 unspecified atom stereocenters. The first-order valence-electron chi connectivity index (χ1n) is 16.0. The van der Waals surface area contributed by atoms with Gasteiger partial charge in [0.25, 0.3) is 0 Å². The maximum atomic E-state index is 13.8. The molecule has 2 N–H and O–H groups in total. The van der Waals surface area contributed by atoms with Crippen LogP contribution in [0.25, 0.3) is 0 Å². The Bertz CT molecular complexity index is 1720. The topological polar surface area (TPSA) is 193 Å². The van der Waals surface area contributed by atoms with E-state index in [9.17, 15) is 30.3 Å². The number of hydrogen-bond acceptors (Lipinski definition) is 11. The third-order valence-corrected chi connectivity index (χ3v) is 6.66. The molecule has 12 nitrogen and oxygen atoms in total. The predicted octanol–water partition coefficient (Wildman–Crippen LogP) is 5.46. The first kappa shape index (κ1) is 55.9. The van der Waals surface area contributed by atoms with Crippen molar-refractivity contribution >= 4 is 31.3 Å². The van der Waals surface area contributed by atoms with Gasteiger partial charge in [-0.25, -0.2) is 0 Å². The fraction of sp³-hybridized carbons (Fsp3) is 0.222. The Labute approximate surface area is 356 Å². The number of carboxylic acid groups (broad SMARTS) is 2. The molecule has 0 aliphatic carbocycles. The minimum atomic E-state index is -10.7. The number of halogens is 7. The molecule has 2 radical (unpaired) electrons. The number of nitrogens with zero attached hydrogens (tertiary/aromatic N) is 6. The van der Waals surface area contributed by atoms with E-state index in [1.807, 2.05) is 72.8 Å². The van der Waals surface area contributed by atoms with Crippen LogP contribution in [0.2, 0.25) is 5.02 Å². The third kappa shape index (κ3) is 29.1. The summed E-state index contributed by atoms with van der Waals surface area (Å²) in [5.74, 6) is -2.18. The van der Waals surface area contributed by atoms with Crippen LogP contribution >= 0.6 is 19.4 Å². The van der Waals surface area contributed by atoms with Gasteiger partial charge in [-0.3, -0.25) is 29.7 Å². The maximum absolute atomic E-state index is 13.8. The van der Waals surface area contributed by atoms with E-state index in [-0.39, 0.29) is 45.4 Å². The molecule has 5 rings (SSSR count). The number of carbonyl (C=O) groups excluding carboxylic acids is 2. The van der Waals surface area contributed by atoms with E-state index in [4.69, 9.17) is 31.4 Å². The second-order valence-electron chi connectivity index (χ2n) is 11.6. The summed E-state index contributed by atoms with van der Waals surface area (Å²) in [6.07, 6.45) is 7.12. The quantitative estimate of drug-likeness (QED) is 0.0876. The second-order valence-corrected chi connectivity index (χ2v) is 13.9. The molecule has 58 heavy (non-hydrogen) atoms. The average molecular weight is 958 g/mol. The van der Waals surface area contributed by atoms with Crippen LogP contribution in [0.3, 0.4) is 0 Å². The monoisotopic (exact) mass is 956 g/mol. The molecule has 0 aliphatic heterocycles. The summed E-state index contributed by atoms with van der Waals surface area (Å²) in [6, 6.07) is 27.0. The van der Waals surface area contributed by atoms with E-state index >= 15 is 0 Å². The third-order valence-electron chi connectivity index (χ3n) is 6.44. The predicted molar refractivity (Wildman–Crippen MR) is 192 cm³/mol. The van der Waals surface area contributed by atoms with E-state index < -0.39 is 19.7 Å². The number of aliphatic carboxylic acids is 2. The summed E-state index contributed by atoms with van der Waals surface area (Å²) in [5.41, 5.74) is 4.97. The van der Waals surface area contributed by atoms with Crippen molar-refractivity contribution < 1.29 is 89.7 Å². The molecule has 4 aromatic heterocycles. The molecule has 0 atom stereocenters. The van der Waals surface area contributed by atoms with Gasteiger partial charge >= 0.3 is 67.1 Å². The number of benzene rings is 1. The smallest absolute Gasteiger partial charge is 0.872 e. The molecule has 5 aromatic rings. The molecule has 0 fully saturated rings. The van der Waals surface area contributed by atoms with Gasteiger partial charge in [0.05, 0.1) is 22.8 Å². The van der Waals surface area contributed by atoms with Crippen molar-refractivity contribution in [2.45, 2.75) is 53.1 Å². The Balaban J connectivity index is 0. The summed E-state index contributed by atoms with van der Waals surface area (Å²) in [6.45, 7) is 5.07. The Morgan fingerprint density at radius 2 is 0.793 bits per heavy atom. The molecule has 0 aliphatic rings. The Morgan fingerprint density at radius 3 is 0.983 bits per heavy atom. The summed E-state index contributed by atoms with van der Waals surface area (Å²) in [4.78, 5) is 40.1. The van der Waals surface area contributed by atoms with Crippen molar-refractivity contribution in [3.05, 3.63) is 149 Å². The molecule has 4 heterocycles. The van der Waals surface area contributed by atoms with Crippen LogP contribution in [0.5, 0.6) is 5.75 Å². The van der Waals surface area contributed by atoms with Gasteiger partial charge in [0.1, 0.15) is 0 Å². The summed E-state index contributed by atoms with van der Waals surface area (Å²) in [7, 11) is -10.7. The minimum Gasteiger partial charge on any atom is -0.872 e. The fourth-order valence-corrected chi connectivity index (χ4v) is 4.91. The molecule has 0 saturated heterocycles. The van der Waals surface area contributed by atoms with Gasteiger partial charge in [-0.15, -0.1) is 0 Å². The number of hydrogen-bond donors (Lipinski definition) is 0. The average Bonchev–Trinajstić information content (AvgIpc) is 3.07. The normalized spacial score (nSPS) is 11.4. The Hall–Kier alpha value is -4.22. The van der Waals surface area contributed by atoms with Crippen LogP contribution < -0.4 is 15.3 Å². The van der Waals surface area contributed by atoms with Gasteiger partial charge in [-0.05, 0) is 85.6 Å². The molecule has 0 bridgehead atoms. The number of pyridine rings is 4. The van der Waals surface area contributed by atoms with Crippen LogP contribution in [0.15, 0.2) is 110 Å². The molecule has 1 aromatic carbocycles. The maximum Gasteiger partial charge on any atom is 2.00 e. The van der Waals surface area contributed by atoms with E-state index in [0.717, 1.165) is 36.6 Å². The second kappa shape index (κ2) is 25.3. The van der Waals surface area contributed by atoms with Crippen LogP contribution in [0.4, 0.5) is 25.2 Å². The number of carbonyl (C=O) groups is 2. The molecule has 0 saturated carbocycles. The van der Waals surface area contributed by atoms with Gasteiger partial charge in [-0.2, -0.15) is 0 Å². The standard InChI is InChI=1S/C32H31ClN6O.2C2H4O2.2Cu.F6P.H2O/c33-27-17-25(19-38(21-28-9-1-5-13-34-28)22-29-10-2-6-14-35-29)32(40)26(18-27)20-39(23-30-11-3-7-15-36-30)24-31-12-4-8-16-37-31;2*1-2(3)4;;;1-7(2,3,4,5)6;/h1-18,40H,19-24H2;2*1H3,(H,3,4);;;;1H2/q;;;2*+2;-1;/p-3. The molecule has 0 amide bonds. The van der Waals surface area contributed by atoms with Gasteiger partial charge in [-0.1, -0.05) is 41.6 Å². The SMILES string of the molecule is CC(=O)[O-].CC(=O)[O-].F[P-](F)(F)(F)(F)F.O.[Cu+2].[Cu+2].[O-]c1c(CN(Cc2ccccn2)Cc2ccccn2)cc(Cl)cc1CN(Cc1ccccn1)Cc1ccccn1. The van der Waals surface area contributed by atoms with E-state index in [2.05, 4.69) is 29.7 Å². The summed E-state index contributed by atoms with van der Waals surface area (Å²) >= 11 is 6.60. The zero-order chi connectivity index (χ0) is 41.1. The largest absolute Gasteiger partial charge is 2.00 e. The molecular formula is C36H38ClCu2F6N6O6P. The first-order chi connectivity index (χ1) is 25.5. The van der Waals surface area contributed by atoms with Gasteiger partial charge in [0, 0.05) is 81.0 Å². The summed E-state index contributed by atoms with van der Waals surface area (Å²) in [5, 5.41) is 32.1. The van der Waals surface area contributed by atoms with Crippen molar-refractivity contribution in [1.29, 1.82) is 0 Å². The molecular weight excluding hydrogens is 920 g/mol. The number of carboxylic acids is 2. The van der Waals surface area contributed by atoms with E-state index in [0.29, 0.717) is 55.4 Å². The Morgan fingerprint density at radius 1 is 0.569 bits per heavy atom. The molecule has 324 valence electrons. The Kier molecular flexibility index (Phi) is 24.4. The molecule has 22 heteroatoms. The van der Waals surface area contributed by atoms with Crippen molar-refractivity contribution in [1.82, 2.24) is 29.7 Å². The van der Waals surface area contributed by atoms with Gasteiger partial charge in [0.2, 0.25) is 0 Å². The number of rotatable bonds is 12. The van der Waals surface area contributed by atoms with Crippen molar-refractivity contribution in [2.24, 2.45) is 0 Å². The first-order valence-corrected chi connectivity index (χ1v) is 18.4. The zero-order valence-electron chi connectivity index (χ0n) is 30.6.